The van der Waals surface area contributed by atoms with Crippen LogP contribution in [0.1, 0.15) is 11.1 Å². The molecular formula is C21H22N2O3. The van der Waals surface area contributed by atoms with Crippen LogP contribution in [0.2, 0.25) is 0 Å². The Morgan fingerprint density at radius 1 is 1.08 bits per heavy atom. The van der Waals surface area contributed by atoms with Gasteiger partial charge in [0.05, 0.1) is 13.0 Å². The van der Waals surface area contributed by atoms with Crippen molar-refractivity contribution in [2.24, 2.45) is 0 Å². The van der Waals surface area contributed by atoms with E-state index in [1.54, 1.807) is 30.0 Å². The summed E-state index contributed by atoms with van der Waals surface area (Å²) in [6, 6.07) is 15.1. The van der Waals surface area contributed by atoms with Gasteiger partial charge in [0.1, 0.15) is 0 Å². The summed E-state index contributed by atoms with van der Waals surface area (Å²) < 4.78 is 6.65. The van der Waals surface area contributed by atoms with Crippen LogP contribution >= 0.6 is 0 Å². The summed E-state index contributed by atoms with van der Waals surface area (Å²) in [5.74, 6) is -0.107. The van der Waals surface area contributed by atoms with E-state index in [0.29, 0.717) is 30.6 Å². The van der Waals surface area contributed by atoms with Gasteiger partial charge in [-0.05, 0) is 30.7 Å². The first-order valence-corrected chi connectivity index (χ1v) is 8.55. The lowest BCUT2D eigenvalue weighted by Crippen LogP contribution is -2.22. The van der Waals surface area contributed by atoms with Gasteiger partial charge in [-0.15, -0.1) is 0 Å². The number of carbonyl (C=O) groups excluding carboxylic acids is 1. The molecule has 0 aliphatic carbocycles. The SMILES string of the molecule is COCCn1ccc2c(NC(=O)Cc3ccc(C)cc3)cccc2c1=O. The second kappa shape index (κ2) is 7.97. The third-order valence-corrected chi connectivity index (χ3v) is 4.31. The van der Waals surface area contributed by atoms with Crippen LogP contribution in [0, 0.1) is 6.92 Å². The molecule has 0 aliphatic rings. The Morgan fingerprint density at radius 2 is 1.85 bits per heavy atom. The Hall–Kier alpha value is -2.92. The van der Waals surface area contributed by atoms with Crippen LogP contribution in [0.5, 0.6) is 0 Å². The smallest absolute Gasteiger partial charge is 0.258 e. The van der Waals surface area contributed by atoms with Gasteiger partial charge < -0.3 is 14.6 Å². The molecule has 26 heavy (non-hydrogen) atoms. The van der Waals surface area contributed by atoms with Crippen molar-refractivity contribution in [3.8, 4) is 0 Å². The number of aromatic nitrogens is 1. The number of rotatable bonds is 6. The number of fused-ring (bicyclic) bond motifs is 1. The maximum atomic E-state index is 12.6. The highest BCUT2D eigenvalue weighted by Crippen LogP contribution is 2.21. The molecule has 3 aromatic rings. The highest BCUT2D eigenvalue weighted by Gasteiger charge is 2.10. The molecule has 5 heteroatoms. The number of benzene rings is 2. The first kappa shape index (κ1) is 17.9. The average Bonchev–Trinajstić information content (AvgIpc) is 2.63. The van der Waals surface area contributed by atoms with E-state index in [2.05, 4.69) is 5.32 Å². The number of nitrogens with zero attached hydrogens (tertiary/aromatic N) is 1. The average molecular weight is 350 g/mol. The van der Waals surface area contributed by atoms with E-state index in [0.717, 1.165) is 16.5 Å². The van der Waals surface area contributed by atoms with Crippen LogP contribution in [-0.2, 0) is 22.5 Å². The number of hydrogen-bond acceptors (Lipinski definition) is 3. The largest absolute Gasteiger partial charge is 0.383 e. The van der Waals surface area contributed by atoms with Crippen molar-refractivity contribution >= 4 is 22.4 Å². The molecule has 1 aromatic heterocycles. The van der Waals surface area contributed by atoms with E-state index in [1.807, 2.05) is 43.3 Å². The van der Waals surface area contributed by atoms with E-state index in [9.17, 15) is 9.59 Å². The van der Waals surface area contributed by atoms with Gasteiger partial charge in [-0.3, -0.25) is 9.59 Å². The number of methoxy groups -OCH3 is 1. The molecule has 2 aromatic carbocycles. The summed E-state index contributed by atoms with van der Waals surface area (Å²) in [7, 11) is 1.60. The highest BCUT2D eigenvalue weighted by atomic mass is 16.5. The van der Waals surface area contributed by atoms with Crippen LogP contribution in [0.3, 0.4) is 0 Å². The van der Waals surface area contributed by atoms with Crippen molar-refractivity contribution < 1.29 is 9.53 Å². The fourth-order valence-electron chi connectivity index (χ4n) is 2.88. The lowest BCUT2D eigenvalue weighted by atomic mass is 10.1. The number of ether oxygens (including phenoxy) is 1. The Labute approximate surface area is 152 Å². The standard InChI is InChI=1S/C21H22N2O3/c1-15-6-8-16(9-7-15)14-20(24)22-19-5-3-4-18-17(19)10-11-23(21(18)25)12-13-26-2/h3-11H,12-14H2,1-2H3,(H,22,24). The van der Waals surface area contributed by atoms with Gasteiger partial charge in [-0.25, -0.2) is 0 Å². The molecular weight excluding hydrogens is 328 g/mol. The number of amides is 1. The molecule has 3 rings (SSSR count). The number of aryl methyl sites for hydroxylation is 1. The van der Waals surface area contributed by atoms with E-state index >= 15 is 0 Å². The van der Waals surface area contributed by atoms with E-state index in [-0.39, 0.29) is 11.5 Å². The van der Waals surface area contributed by atoms with Crippen LogP contribution in [0.15, 0.2) is 59.5 Å². The van der Waals surface area contributed by atoms with Gasteiger partial charge in [0.15, 0.2) is 0 Å². The minimum atomic E-state index is -0.107. The number of nitrogens with one attached hydrogen (secondary N) is 1. The second-order valence-corrected chi connectivity index (χ2v) is 6.28. The molecule has 0 spiro atoms. The second-order valence-electron chi connectivity index (χ2n) is 6.28. The van der Waals surface area contributed by atoms with Crippen molar-refractivity contribution in [3.05, 3.63) is 76.2 Å². The maximum absolute atomic E-state index is 12.6. The summed E-state index contributed by atoms with van der Waals surface area (Å²) in [5.41, 5.74) is 2.67. The van der Waals surface area contributed by atoms with E-state index < -0.39 is 0 Å². The van der Waals surface area contributed by atoms with Crippen LogP contribution in [0.4, 0.5) is 5.69 Å². The molecule has 0 fully saturated rings. The first-order chi connectivity index (χ1) is 12.6. The summed E-state index contributed by atoms with van der Waals surface area (Å²) >= 11 is 0. The van der Waals surface area contributed by atoms with Crippen LogP contribution in [0.25, 0.3) is 10.8 Å². The molecule has 0 atom stereocenters. The predicted molar refractivity (Wildman–Crippen MR) is 104 cm³/mol. The summed E-state index contributed by atoms with van der Waals surface area (Å²) in [4.78, 5) is 25.0. The summed E-state index contributed by atoms with van der Waals surface area (Å²) in [6.45, 7) is 2.98. The van der Waals surface area contributed by atoms with E-state index in [4.69, 9.17) is 4.74 Å². The summed E-state index contributed by atoms with van der Waals surface area (Å²) in [5, 5.41) is 4.25. The normalized spacial score (nSPS) is 10.8. The van der Waals surface area contributed by atoms with Gasteiger partial charge in [-0.1, -0.05) is 35.9 Å². The quantitative estimate of drug-likeness (QED) is 0.743. The van der Waals surface area contributed by atoms with Gasteiger partial charge in [-0.2, -0.15) is 0 Å². The fourth-order valence-corrected chi connectivity index (χ4v) is 2.88. The van der Waals surface area contributed by atoms with Gasteiger partial charge >= 0.3 is 0 Å². The minimum absolute atomic E-state index is 0.0887. The maximum Gasteiger partial charge on any atom is 0.258 e. The molecule has 134 valence electrons. The molecule has 5 nitrogen and oxygen atoms in total. The third kappa shape index (κ3) is 4.00. The lowest BCUT2D eigenvalue weighted by molar-refractivity contribution is -0.115. The first-order valence-electron chi connectivity index (χ1n) is 8.55. The third-order valence-electron chi connectivity index (χ3n) is 4.31. The summed E-state index contributed by atoms with van der Waals surface area (Å²) in [6.07, 6.45) is 2.03. The molecule has 0 saturated carbocycles. The monoisotopic (exact) mass is 350 g/mol. The Morgan fingerprint density at radius 3 is 2.58 bits per heavy atom. The molecule has 0 saturated heterocycles. The number of pyridine rings is 1. The Bertz CT molecular complexity index is 975. The van der Waals surface area contributed by atoms with Gasteiger partial charge in [0, 0.05) is 36.3 Å². The van der Waals surface area contributed by atoms with E-state index in [1.165, 1.54) is 0 Å². The molecule has 1 N–H and O–H groups in total. The van der Waals surface area contributed by atoms with Gasteiger partial charge in [0.2, 0.25) is 5.91 Å². The fraction of sp³-hybridized carbons (Fsp3) is 0.238. The zero-order chi connectivity index (χ0) is 18.5. The number of carbonyl (C=O) groups is 1. The molecule has 1 amide bonds. The molecule has 0 unspecified atom stereocenters. The van der Waals surface area contributed by atoms with Crippen molar-refractivity contribution in [2.75, 3.05) is 19.0 Å². The molecule has 0 aliphatic heterocycles. The predicted octanol–water partition coefficient (Wildman–Crippen LogP) is 3.14. The number of hydrogen-bond donors (Lipinski definition) is 1. The van der Waals surface area contributed by atoms with Crippen molar-refractivity contribution in [1.82, 2.24) is 4.57 Å². The van der Waals surface area contributed by atoms with Crippen molar-refractivity contribution in [3.63, 3.8) is 0 Å². The van der Waals surface area contributed by atoms with Crippen molar-refractivity contribution in [1.29, 1.82) is 0 Å². The topological polar surface area (TPSA) is 60.3 Å². The van der Waals surface area contributed by atoms with Gasteiger partial charge in [0.25, 0.3) is 5.56 Å². The molecule has 1 heterocycles. The molecule has 0 bridgehead atoms. The van der Waals surface area contributed by atoms with Crippen LogP contribution in [-0.4, -0.2) is 24.2 Å². The zero-order valence-corrected chi connectivity index (χ0v) is 15.0. The number of anilines is 1. The highest BCUT2D eigenvalue weighted by molar-refractivity contribution is 6.02. The zero-order valence-electron chi connectivity index (χ0n) is 15.0. The van der Waals surface area contributed by atoms with Crippen molar-refractivity contribution in [2.45, 2.75) is 19.9 Å². The van der Waals surface area contributed by atoms with Crippen LogP contribution < -0.4 is 10.9 Å². The Kier molecular flexibility index (Phi) is 5.49. The molecule has 0 radical (unpaired) electrons. The lowest BCUT2D eigenvalue weighted by Gasteiger charge is -2.11. The Balaban J connectivity index is 1.83. The minimum Gasteiger partial charge on any atom is -0.383 e.